The Morgan fingerprint density at radius 2 is 1.72 bits per heavy atom. The Hall–Kier alpha value is -2.10. The van der Waals surface area contributed by atoms with Crippen LogP contribution in [-0.4, -0.2) is 24.0 Å². The lowest BCUT2D eigenvalue weighted by atomic mass is 9.86. The van der Waals surface area contributed by atoms with Gasteiger partial charge in [-0.2, -0.15) is 0 Å². The molecule has 0 saturated carbocycles. The number of carboxylic acids is 1. The molecule has 2 aliphatic rings. The maximum absolute atomic E-state index is 12.4. The first-order chi connectivity index (χ1) is 13.7. The van der Waals surface area contributed by atoms with Crippen LogP contribution in [0.3, 0.4) is 0 Å². The Morgan fingerprint density at radius 1 is 1.03 bits per heavy atom. The van der Waals surface area contributed by atoms with Gasteiger partial charge in [-0.25, -0.2) is 4.79 Å². The number of hydrogen-bond acceptors (Lipinski definition) is 4. The third-order valence-corrected chi connectivity index (χ3v) is 6.65. The van der Waals surface area contributed by atoms with Crippen molar-refractivity contribution in [1.29, 1.82) is 0 Å². The molecule has 0 fully saturated rings. The molecule has 4 rings (SSSR count). The molecule has 0 amide bonds. The lowest BCUT2D eigenvalue weighted by Crippen LogP contribution is -2.11. The number of phenolic OH excluding ortho intramolecular Hbond substituents is 1. The summed E-state index contributed by atoms with van der Waals surface area (Å²) in [6.45, 7) is 0. The SMILES string of the molecule is Bc1c(O)c(Br)cc2c(-c3ccccc3C(=O)O)c3cc(Br)c(=O)c(Br)c-3oc12. The fourth-order valence-corrected chi connectivity index (χ4v) is 5.09. The van der Waals surface area contributed by atoms with E-state index in [9.17, 15) is 19.8 Å². The molecule has 2 aromatic carbocycles. The van der Waals surface area contributed by atoms with E-state index in [-0.39, 0.29) is 27.0 Å². The van der Waals surface area contributed by atoms with Crippen LogP contribution in [-0.2, 0) is 0 Å². The zero-order valence-electron chi connectivity index (χ0n) is 14.7. The van der Waals surface area contributed by atoms with Gasteiger partial charge in [0.25, 0.3) is 0 Å². The number of fused-ring (bicyclic) bond motifs is 2. The predicted molar refractivity (Wildman–Crippen MR) is 124 cm³/mol. The van der Waals surface area contributed by atoms with Crippen molar-refractivity contribution in [2.24, 2.45) is 0 Å². The van der Waals surface area contributed by atoms with Crippen LogP contribution in [0.15, 0.2) is 59.0 Å². The first-order valence-corrected chi connectivity index (χ1v) is 10.7. The highest BCUT2D eigenvalue weighted by Crippen LogP contribution is 2.45. The maximum Gasteiger partial charge on any atom is 0.336 e. The summed E-state index contributed by atoms with van der Waals surface area (Å²) in [6, 6.07) is 9.93. The van der Waals surface area contributed by atoms with E-state index in [1.807, 2.05) is 0 Å². The zero-order chi connectivity index (χ0) is 21.0. The predicted octanol–water partition coefficient (Wildman–Crippen LogP) is 4.51. The van der Waals surface area contributed by atoms with Crippen molar-refractivity contribution in [3.05, 3.63) is 65.6 Å². The molecule has 5 nitrogen and oxygen atoms in total. The number of carbonyl (C=O) groups is 1. The van der Waals surface area contributed by atoms with E-state index in [1.165, 1.54) is 6.07 Å². The summed E-state index contributed by atoms with van der Waals surface area (Å²) in [5.74, 6) is -0.796. The number of aromatic hydroxyl groups is 1. The molecular weight excluding hydrogens is 571 g/mol. The molecule has 1 heterocycles. The number of rotatable bonds is 2. The molecule has 9 heteroatoms. The monoisotopic (exact) mass is 578 g/mol. The van der Waals surface area contributed by atoms with E-state index in [4.69, 9.17) is 4.42 Å². The summed E-state index contributed by atoms with van der Waals surface area (Å²) in [7, 11) is 1.69. The van der Waals surface area contributed by atoms with Crippen LogP contribution in [0.4, 0.5) is 0 Å². The maximum atomic E-state index is 12.4. The average Bonchev–Trinajstić information content (AvgIpc) is 2.69. The second kappa shape index (κ2) is 7.30. The number of benzene rings is 3. The largest absolute Gasteiger partial charge is 0.507 e. The zero-order valence-corrected chi connectivity index (χ0v) is 19.5. The van der Waals surface area contributed by atoms with Crippen LogP contribution >= 0.6 is 47.8 Å². The summed E-state index contributed by atoms with van der Waals surface area (Å²) in [5, 5.41) is 20.7. The quantitative estimate of drug-likeness (QED) is 0.269. The van der Waals surface area contributed by atoms with Crippen molar-refractivity contribution in [2.75, 3.05) is 0 Å². The molecule has 2 N–H and O–H groups in total. The summed E-state index contributed by atoms with van der Waals surface area (Å²) in [4.78, 5) is 24.3. The van der Waals surface area contributed by atoms with Gasteiger partial charge in [0.15, 0.2) is 5.76 Å². The van der Waals surface area contributed by atoms with Crippen molar-refractivity contribution in [2.45, 2.75) is 0 Å². The van der Waals surface area contributed by atoms with Gasteiger partial charge in [0.1, 0.15) is 23.7 Å². The topological polar surface area (TPSA) is 87.7 Å². The molecular formula is C20H10BBr3O5. The molecule has 1 aliphatic heterocycles. The molecule has 0 spiro atoms. The Labute approximate surface area is 190 Å². The molecule has 2 aromatic rings. The number of carboxylic acid groups (broad SMARTS) is 1. The van der Waals surface area contributed by atoms with E-state index in [1.54, 1.807) is 38.2 Å². The Bertz CT molecular complexity index is 1360. The highest BCUT2D eigenvalue weighted by atomic mass is 79.9. The minimum Gasteiger partial charge on any atom is -0.507 e. The van der Waals surface area contributed by atoms with Gasteiger partial charge >= 0.3 is 5.97 Å². The molecule has 0 aromatic heterocycles. The molecule has 0 atom stereocenters. The molecule has 0 radical (unpaired) electrons. The number of hydrogen-bond donors (Lipinski definition) is 2. The smallest absolute Gasteiger partial charge is 0.336 e. The molecule has 1 aliphatic carbocycles. The molecule has 0 bridgehead atoms. The number of phenols is 1. The van der Waals surface area contributed by atoms with Crippen LogP contribution in [0.1, 0.15) is 10.4 Å². The normalized spacial score (nSPS) is 11.3. The summed E-state index contributed by atoms with van der Waals surface area (Å²) in [6.07, 6.45) is 0. The summed E-state index contributed by atoms with van der Waals surface area (Å²) < 4.78 is 7.02. The van der Waals surface area contributed by atoms with E-state index in [0.717, 1.165) is 0 Å². The van der Waals surface area contributed by atoms with Crippen molar-refractivity contribution in [3.63, 3.8) is 0 Å². The van der Waals surface area contributed by atoms with E-state index in [0.29, 0.717) is 42.1 Å². The van der Waals surface area contributed by atoms with Crippen LogP contribution in [0.2, 0.25) is 0 Å². The van der Waals surface area contributed by atoms with E-state index < -0.39 is 5.97 Å². The lowest BCUT2D eigenvalue weighted by Gasteiger charge is -2.19. The number of halogens is 3. The minimum atomic E-state index is -1.07. The average molecular weight is 581 g/mol. The van der Waals surface area contributed by atoms with Gasteiger partial charge in [-0.15, -0.1) is 0 Å². The van der Waals surface area contributed by atoms with Gasteiger partial charge in [0, 0.05) is 16.5 Å². The fraction of sp³-hybridized carbons (Fsp3) is 0. The Kier molecular flexibility index (Phi) is 5.08. The van der Waals surface area contributed by atoms with Gasteiger partial charge in [0.05, 0.1) is 14.5 Å². The molecule has 29 heavy (non-hydrogen) atoms. The highest BCUT2D eigenvalue weighted by molar-refractivity contribution is 9.11. The van der Waals surface area contributed by atoms with Crippen molar-refractivity contribution >= 4 is 78.0 Å². The van der Waals surface area contributed by atoms with Crippen LogP contribution in [0.25, 0.3) is 33.4 Å². The third kappa shape index (κ3) is 3.12. The van der Waals surface area contributed by atoms with Crippen LogP contribution < -0.4 is 10.9 Å². The van der Waals surface area contributed by atoms with E-state index >= 15 is 0 Å². The lowest BCUT2D eigenvalue weighted by molar-refractivity contribution is 0.0697. The van der Waals surface area contributed by atoms with Crippen LogP contribution in [0.5, 0.6) is 5.75 Å². The molecule has 0 saturated heterocycles. The van der Waals surface area contributed by atoms with Gasteiger partial charge < -0.3 is 14.6 Å². The van der Waals surface area contributed by atoms with Gasteiger partial charge in [-0.1, -0.05) is 18.2 Å². The second-order valence-electron chi connectivity index (χ2n) is 6.41. The third-order valence-electron chi connectivity index (χ3n) is 4.74. The van der Waals surface area contributed by atoms with E-state index in [2.05, 4.69) is 47.8 Å². The Morgan fingerprint density at radius 3 is 2.41 bits per heavy atom. The van der Waals surface area contributed by atoms with Crippen molar-refractivity contribution < 1.29 is 19.4 Å². The van der Waals surface area contributed by atoms with Crippen molar-refractivity contribution in [3.8, 4) is 28.2 Å². The van der Waals surface area contributed by atoms with Crippen LogP contribution in [0, 0.1) is 0 Å². The fourth-order valence-electron chi connectivity index (χ4n) is 3.36. The second-order valence-corrected chi connectivity index (χ2v) is 8.92. The van der Waals surface area contributed by atoms with Gasteiger partial charge in [-0.3, -0.25) is 4.79 Å². The Balaban J connectivity index is 2.34. The highest BCUT2D eigenvalue weighted by Gasteiger charge is 2.26. The summed E-state index contributed by atoms with van der Waals surface area (Å²) in [5.41, 5.74) is 2.26. The molecule has 0 unspecified atom stereocenters. The first kappa shape index (κ1) is 20.2. The summed E-state index contributed by atoms with van der Waals surface area (Å²) >= 11 is 9.93. The van der Waals surface area contributed by atoms with Gasteiger partial charge in [0.2, 0.25) is 5.43 Å². The molecule has 144 valence electrons. The minimum absolute atomic E-state index is 0.00801. The number of aromatic carboxylic acids is 1. The van der Waals surface area contributed by atoms with Crippen molar-refractivity contribution in [1.82, 2.24) is 0 Å². The standard InChI is InChI=1S/C20H10BBr3O5/c21-14-16(25)11(22)5-9-13(7-3-1-2-4-8(7)20(27)28)10-6-12(23)17(26)15(24)19(10)29-18(9)14/h1-6,25H,21H2,(H,27,28). The van der Waals surface area contributed by atoms with Gasteiger partial charge in [-0.05, 0) is 77.0 Å². The first-order valence-electron chi connectivity index (χ1n) is 8.31.